The van der Waals surface area contributed by atoms with E-state index < -0.39 is 23.4 Å². The highest BCUT2D eigenvalue weighted by atomic mass is 16.4. The van der Waals surface area contributed by atoms with E-state index in [2.05, 4.69) is 25.7 Å². The Morgan fingerprint density at radius 3 is 2.26 bits per heavy atom. The molecule has 0 fully saturated rings. The van der Waals surface area contributed by atoms with Crippen LogP contribution in [0.25, 0.3) is 22.8 Å². The van der Waals surface area contributed by atoms with Crippen molar-refractivity contribution in [3.8, 4) is 28.6 Å². The molecule has 15 nitrogen and oxygen atoms in total. The first kappa shape index (κ1) is 28.9. The molecule has 0 unspecified atom stereocenters. The Morgan fingerprint density at radius 1 is 1.00 bits per heavy atom. The smallest absolute Gasteiger partial charge is 0.339 e. The number of hydrogen-bond donors (Lipinski definition) is 6. The van der Waals surface area contributed by atoms with Gasteiger partial charge in [-0.15, -0.1) is 5.10 Å². The number of carbonyl (C=O) groups is 3. The maximum Gasteiger partial charge on any atom is 0.339 e. The Balaban J connectivity index is 1.74. The number of aromatic carboxylic acids is 2. The van der Waals surface area contributed by atoms with E-state index in [-0.39, 0.29) is 45.4 Å². The van der Waals surface area contributed by atoms with Crippen LogP contribution in [0.15, 0.2) is 66.0 Å². The highest BCUT2D eigenvalue weighted by Gasteiger charge is 2.19. The Hall–Kier alpha value is -6.12. The molecule has 0 saturated carbocycles. The Labute approximate surface area is 237 Å². The van der Waals surface area contributed by atoms with E-state index in [0.29, 0.717) is 17.9 Å². The minimum atomic E-state index is -1.29. The molecule has 42 heavy (non-hydrogen) atoms. The third-order valence-electron chi connectivity index (χ3n) is 6.11. The summed E-state index contributed by atoms with van der Waals surface area (Å²) in [4.78, 5) is 41.4. The molecule has 0 radical (unpaired) electrons. The fraction of sp³-hybridized carbons (Fsp3) is 0.111. The van der Waals surface area contributed by atoms with Crippen molar-refractivity contribution in [1.29, 1.82) is 5.53 Å². The van der Waals surface area contributed by atoms with E-state index in [4.69, 9.17) is 15.7 Å². The number of carbonyl (C=O) groups excluding carboxylic acids is 1. The molecular formula is C27H24N8O7. The van der Waals surface area contributed by atoms with Gasteiger partial charge in [0.1, 0.15) is 34.0 Å². The monoisotopic (exact) mass is 572 g/mol. The second-order valence-electron chi connectivity index (χ2n) is 8.82. The number of anilines is 1. The van der Waals surface area contributed by atoms with Crippen molar-refractivity contribution in [1.82, 2.24) is 24.9 Å². The molecule has 0 aliphatic rings. The molecule has 6 N–H and O–H groups in total. The summed E-state index contributed by atoms with van der Waals surface area (Å²) in [5.74, 6) is -3.85. The Morgan fingerprint density at radius 2 is 1.67 bits per heavy atom. The molecule has 2 aromatic carbocycles. The van der Waals surface area contributed by atoms with Gasteiger partial charge in [0.15, 0.2) is 0 Å². The highest BCUT2D eigenvalue weighted by Crippen LogP contribution is 2.26. The van der Waals surface area contributed by atoms with E-state index in [1.807, 2.05) is 0 Å². The second kappa shape index (κ2) is 12.0. The van der Waals surface area contributed by atoms with Gasteiger partial charge in [0.25, 0.3) is 5.91 Å². The van der Waals surface area contributed by atoms with Crippen molar-refractivity contribution in [2.24, 2.45) is 5.11 Å². The SMILES string of the molecule is CCN(C)C(=O)c1cc(/C(=C/Nc2ccc(C(=O)O)c(O)c2)N=N)nc(-c2cn(-c3ccc(C(=O)O)c(O)c3)nn2)c1. The lowest BCUT2D eigenvalue weighted by Crippen LogP contribution is -2.26. The van der Waals surface area contributed by atoms with E-state index in [1.165, 1.54) is 70.5 Å². The topological polar surface area (TPSA) is 227 Å². The largest absolute Gasteiger partial charge is 0.507 e. The maximum atomic E-state index is 13.1. The fourth-order valence-electron chi connectivity index (χ4n) is 3.75. The molecule has 15 heteroatoms. The first-order valence-corrected chi connectivity index (χ1v) is 12.2. The van der Waals surface area contributed by atoms with Gasteiger partial charge in [-0.2, -0.15) is 5.11 Å². The third-order valence-corrected chi connectivity index (χ3v) is 6.11. The molecule has 0 aliphatic carbocycles. The predicted octanol–water partition coefficient (Wildman–Crippen LogP) is 3.67. The molecule has 2 heterocycles. The standard InChI is InChI=1S/C27H24N8O7/c1-3-34(2)25(38)14-8-19(21(31-28)12-29-15-4-6-17(26(39)40)23(36)10-15)30-20(9-14)22-13-35(33-32-22)16-5-7-18(27(41)42)24(37)11-16/h4-13,28-29,36-37H,3H2,1-2H3,(H,39,40)(H,41,42)/b21-12-,31-28?. The van der Waals surface area contributed by atoms with Gasteiger partial charge in [-0.25, -0.2) is 24.8 Å². The number of amides is 1. The maximum absolute atomic E-state index is 13.1. The minimum Gasteiger partial charge on any atom is -0.507 e. The molecule has 2 aromatic heterocycles. The molecule has 214 valence electrons. The summed E-state index contributed by atoms with van der Waals surface area (Å²) in [5, 5.41) is 52.7. The number of phenols is 2. The molecule has 1 amide bonds. The molecular weight excluding hydrogens is 548 g/mol. The van der Waals surface area contributed by atoms with Gasteiger partial charge in [0, 0.05) is 43.2 Å². The molecule has 0 saturated heterocycles. The molecule has 0 spiro atoms. The third kappa shape index (κ3) is 6.04. The summed E-state index contributed by atoms with van der Waals surface area (Å²) < 4.78 is 1.29. The van der Waals surface area contributed by atoms with Gasteiger partial charge in [-0.05, 0) is 43.3 Å². The van der Waals surface area contributed by atoms with Crippen LogP contribution in [0.2, 0.25) is 0 Å². The number of carboxylic acids is 2. The van der Waals surface area contributed by atoms with Crippen LogP contribution in [0.3, 0.4) is 0 Å². The van der Waals surface area contributed by atoms with Gasteiger partial charge in [-0.1, -0.05) is 5.21 Å². The quantitative estimate of drug-likeness (QED) is 0.150. The van der Waals surface area contributed by atoms with Crippen LogP contribution >= 0.6 is 0 Å². The summed E-state index contributed by atoms with van der Waals surface area (Å²) in [6, 6.07) is 10.6. The van der Waals surface area contributed by atoms with Crippen LogP contribution in [0.1, 0.15) is 43.7 Å². The van der Waals surface area contributed by atoms with Gasteiger partial charge in [-0.3, -0.25) is 4.79 Å². The van der Waals surface area contributed by atoms with Crippen molar-refractivity contribution in [3.63, 3.8) is 0 Å². The van der Waals surface area contributed by atoms with Crippen LogP contribution in [-0.2, 0) is 0 Å². The van der Waals surface area contributed by atoms with Crippen molar-refractivity contribution >= 4 is 29.2 Å². The van der Waals surface area contributed by atoms with Crippen LogP contribution in [0.4, 0.5) is 5.69 Å². The number of carboxylic acid groups (broad SMARTS) is 2. The van der Waals surface area contributed by atoms with Crippen molar-refractivity contribution < 1.29 is 34.8 Å². The number of pyridine rings is 1. The second-order valence-corrected chi connectivity index (χ2v) is 8.82. The van der Waals surface area contributed by atoms with Gasteiger partial charge >= 0.3 is 11.9 Å². The van der Waals surface area contributed by atoms with Crippen LogP contribution in [0, 0.1) is 5.53 Å². The summed E-state index contributed by atoms with van der Waals surface area (Å²) in [6.45, 7) is 2.22. The van der Waals surface area contributed by atoms with E-state index in [9.17, 15) is 24.6 Å². The minimum absolute atomic E-state index is 0.00609. The lowest BCUT2D eigenvalue weighted by molar-refractivity contribution is 0.0682. The highest BCUT2D eigenvalue weighted by molar-refractivity contribution is 5.96. The number of nitrogens with zero attached hydrogens (tertiary/aromatic N) is 6. The van der Waals surface area contributed by atoms with Crippen molar-refractivity contribution in [3.05, 3.63) is 83.3 Å². The number of rotatable bonds is 10. The molecule has 4 rings (SSSR count). The summed E-state index contributed by atoms with van der Waals surface area (Å²) >= 11 is 0. The van der Waals surface area contributed by atoms with E-state index in [1.54, 1.807) is 14.0 Å². The van der Waals surface area contributed by atoms with Gasteiger partial charge in [0.05, 0.1) is 23.3 Å². The first-order valence-electron chi connectivity index (χ1n) is 12.2. The summed E-state index contributed by atoms with van der Waals surface area (Å²) in [7, 11) is 1.62. The van der Waals surface area contributed by atoms with Crippen molar-refractivity contribution in [2.75, 3.05) is 18.9 Å². The summed E-state index contributed by atoms with van der Waals surface area (Å²) in [6.07, 6.45) is 2.77. The van der Waals surface area contributed by atoms with Gasteiger partial charge < -0.3 is 30.6 Å². The van der Waals surface area contributed by atoms with Crippen molar-refractivity contribution in [2.45, 2.75) is 6.92 Å². The van der Waals surface area contributed by atoms with E-state index in [0.717, 1.165) is 0 Å². The Kier molecular flexibility index (Phi) is 8.22. The number of aromatic hydroxyl groups is 2. The zero-order valence-corrected chi connectivity index (χ0v) is 22.2. The van der Waals surface area contributed by atoms with E-state index >= 15 is 0 Å². The molecule has 0 aliphatic heterocycles. The zero-order chi connectivity index (χ0) is 30.6. The normalized spacial score (nSPS) is 11.1. The number of nitrogens with one attached hydrogen (secondary N) is 2. The fourth-order valence-corrected chi connectivity index (χ4v) is 3.75. The lowest BCUT2D eigenvalue weighted by Gasteiger charge is -2.15. The van der Waals surface area contributed by atoms with Crippen LogP contribution in [0.5, 0.6) is 11.5 Å². The number of hydrogen-bond acceptors (Lipinski definition) is 11. The molecule has 4 aromatic rings. The van der Waals surface area contributed by atoms with Crippen LogP contribution < -0.4 is 5.32 Å². The number of benzene rings is 2. The summed E-state index contributed by atoms with van der Waals surface area (Å²) in [5.41, 5.74) is 8.52. The molecule has 0 atom stereocenters. The first-order chi connectivity index (χ1) is 20.0. The average Bonchev–Trinajstić information content (AvgIpc) is 3.47. The molecule has 0 bridgehead atoms. The van der Waals surface area contributed by atoms with Gasteiger partial charge in [0.2, 0.25) is 0 Å². The average molecular weight is 573 g/mol. The Bertz CT molecular complexity index is 1750. The zero-order valence-electron chi connectivity index (χ0n) is 22.2. The number of aromatic nitrogens is 4. The lowest BCUT2D eigenvalue weighted by atomic mass is 10.1. The van der Waals surface area contributed by atoms with Crippen LogP contribution in [-0.4, -0.2) is 76.7 Å². The predicted molar refractivity (Wildman–Crippen MR) is 148 cm³/mol.